The first-order valence-corrected chi connectivity index (χ1v) is 43.6. The second-order valence-electron chi connectivity index (χ2n) is 32.4. The van der Waals surface area contributed by atoms with Crippen LogP contribution in [0, 0.1) is 0 Å². The molecule has 2 amide bonds. The number of aliphatic hydroxyl groups excluding tert-OH is 19. The van der Waals surface area contributed by atoms with E-state index in [1.807, 2.05) is 6.08 Å². The van der Waals surface area contributed by atoms with E-state index in [9.17, 15) is 107 Å². The lowest BCUT2D eigenvalue weighted by Crippen LogP contribution is -2.70. The van der Waals surface area contributed by atoms with Gasteiger partial charge in [0.25, 0.3) is 0 Å². The van der Waals surface area contributed by atoms with Gasteiger partial charge in [0.1, 0.15) is 146 Å². The van der Waals surface area contributed by atoms with E-state index in [2.05, 4.69) is 36.6 Å². The Morgan fingerprint density at radius 1 is 0.333 bits per heavy atom. The Kier molecular flexibility index (Phi) is 50.1. The number of aliphatic hydroxyl groups is 19. The summed E-state index contributed by atoms with van der Waals surface area (Å²) in [4.78, 5) is 26.5. The number of hydrogen-bond donors (Lipinski definition) is 21. The highest BCUT2D eigenvalue weighted by atomic mass is 16.8. The molecule has 684 valence electrons. The maximum absolute atomic E-state index is 13.6. The lowest BCUT2D eigenvalue weighted by atomic mass is 9.94. The van der Waals surface area contributed by atoms with Crippen LogP contribution in [0.1, 0.15) is 239 Å². The standard InChI is InChI=1S/C82H148N2O33/c1-4-6-8-10-12-14-16-18-19-20-21-22-23-24-25-26-27-29-31-33-35-37-39-41-58(93)84-50(51(92)40-38-36-34-32-30-28-17-15-13-11-9-7-5-2)48-106-78-68(102)65(99)72(56(46-89)111-78)113-80-69(103)66(100)73(57(47-90)112-80)114-81-70(104)75(62(96)54(44-87)109-81)116-77-59(83-49(3)91)74(61(95)53(43-86)107-77)115-82-71(105)76(63(97)55(45-88)110-82)117-79-67(101)64(98)60(94)52(42-85)108-79/h18-19,38,40,50-57,59-82,85-90,92,94-105H,4-17,20-37,39,41-48H2,1-3H3,(H,83,91)(H,84,93)/b19-18-,40-38+/t50-,51+,52?,53?,54?,55?,56?,57?,59?,60-,61-,62-,63-,64-,65+,66+,67?,68?,69?,70?,71?,72+,73-,74+,75-,76-,77-,78+,79+,80-,81-,82-/m0/s1. The van der Waals surface area contributed by atoms with Crippen LogP contribution < -0.4 is 10.6 Å². The van der Waals surface area contributed by atoms with Crippen molar-refractivity contribution >= 4 is 11.8 Å². The Bertz CT molecular complexity index is 2660. The van der Waals surface area contributed by atoms with Crippen molar-refractivity contribution in [3.63, 3.8) is 0 Å². The van der Waals surface area contributed by atoms with E-state index in [1.165, 1.54) is 148 Å². The number of rotatable bonds is 58. The van der Waals surface area contributed by atoms with E-state index >= 15 is 0 Å². The first-order valence-electron chi connectivity index (χ1n) is 43.6. The third-order valence-corrected chi connectivity index (χ3v) is 23.0. The first-order chi connectivity index (χ1) is 56.4. The molecule has 21 N–H and O–H groups in total. The summed E-state index contributed by atoms with van der Waals surface area (Å²) in [5.74, 6) is -1.22. The van der Waals surface area contributed by atoms with Gasteiger partial charge in [-0.2, -0.15) is 0 Å². The molecule has 0 aromatic rings. The van der Waals surface area contributed by atoms with Gasteiger partial charge in [0.15, 0.2) is 37.7 Å². The summed E-state index contributed by atoms with van der Waals surface area (Å²) in [7, 11) is 0. The van der Waals surface area contributed by atoms with Crippen LogP contribution in [0.5, 0.6) is 0 Å². The highest BCUT2D eigenvalue weighted by Gasteiger charge is 2.58. The fraction of sp³-hybridized carbons (Fsp3) is 0.927. The predicted octanol–water partition coefficient (Wildman–Crippen LogP) is 0.329. The molecule has 6 rings (SSSR count). The van der Waals surface area contributed by atoms with Gasteiger partial charge in [-0.15, -0.1) is 0 Å². The van der Waals surface area contributed by atoms with Crippen molar-refractivity contribution in [3.8, 4) is 0 Å². The maximum atomic E-state index is 13.6. The molecule has 0 aliphatic carbocycles. The smallest absolute Gasteiger partial charge is 0.220 e. The number of ether oxygens (including phenoxy) is 12. The Morgan fingerprint density at radius 2 is 0.641 bits per heavy atom. The van der Waals surface area contributed by atoms with Gasteiger partial charge in [-0.05, 0) is 44.9 Å². The van der Waals surface area contributed by atoms with E-state index in [1.54, 1.807) is 6.08 Å². The number of carbonyl (C=O) groups is 2. The van der Waals surface area contributed by atoms with E-state index in [-0.39, 0.29) is 12.3 Å². The molecule has 0 radical (unpaired) electrons. The third kappa shape index (κ3) is 32.9. The van der Waals surface area contributed by atoms with E-state index in [0.717, 1.165) is 58.3 Å². The molecule has 0 aromatic heterocycles. The average Bonchev–Trinajstić information content (AvgIpc) is 0.770. The van der Waals surface area contributed by atoms with Crippen LogP contribution in [0.4, 0.5) is 0 Å². The normalized spacial score (nSPS) is 36.3. The number of allylic oxidation sites excluding steroid dienone is 3. The van der Waals surface area contributed by atoms with Gasteiger partial charge < -0.3 is 164 Å². The van der Waals surface area contributed by atoms with Crippen molar-refractivity contribution in [3.05, 3.63) is 24.3 Å². The van der Waals surface area contributed by atoms with Gasteiger partial charge in [0, 0.05) is 13.3 Å². The number of hydrogen-bond acceptors (Lipinski definition) is 33. The Balaban J connectivity index is 1.03. The molecule has 0 saturated carbocycles. The summed E-state index contributed by atoms with van der Waals surface area (Å²) in [5, 5.41) is 216. The predicted molar refractivity (Wildman–Crippen MR) is 419 cm³/mol. The topological polar surface area (TPSA) is 553 Å². The van der Waals surface area contributed by atoms with Crippen molar-refractivity contribution in [2.24, 2.45) is 0 Å². The Labute approximate surface area is 689 Å². The van der Waals surface area contributed by atoms with Crippen LogP contribution in [-0.2, 0) is 66.4 Å². The SMILES string of the molecule is CCCCCCCC/C=C\CCCCCCCCCCCCCCCC(=O)N[C@@H](CO[C@@H]1OC(CO)[C@@H](O[C@@H]2OC(CO)[C@H](O[C@@H]3OC(CO)[C@H](O)[C@H](O[C@@H]4OC(CO)[C@H](O)[C@H](O[C@@H]5OC(CO)[C@H](O)[C@H](O[C@H]6OC(CO)[C@H](O)[C@H](O)C6O)C5O)C4NC(C)=O)C3O)[C@H](O)C2O)[C@H](O)C1O)[C@H](O)/C=C/CCCCCCCCCCCCC. The van der Waals surface area contributed by atoms with Crippen LogP contribution in [0.2, 0.25) is 0 Å². The van der Waals surface area contributed by atoms with Crippen molar-refractivity contribution in [2.75, 3.05) is 46.2 Å². The summed E-state index contributed by atoms with van der Waals surface area (Å²) in [6, 6.07) is -2.89. The maximum Gasteiger partial charge on any atom is 0.220 e. The zero-order valence-electron chi connectivity index (χ0n) is 69.0. The molecule has 6 heterocycles. The minimum absolute atomic E-state index is 0.180. The highest BCUT2D eigenvalue weighted by molar-refractivity contribution is 5.76. The minimum atomic E-state index is -2.26. The molecule has 0 aromatic carbocycles. The number of amides is 2. The Hall–Kier alpha value is -2.82. The molecule has 35 nitrogen and oxygen atoms in total. The number of nitrogens with one attached hydrogen (secondary N) is 2. The van der Waals surface area contributed by atoms with Crippen LogP contribution in [0.25, 0.3) is 0 Å². The lowest BCUT2D eigenvalue weighted by molar-refractivity contribution is -0.391. The molecule has 32 atom stereocenters. The number of carbonyl (C=O) groups excluding carboxylic acids is 2. The molecule has 0 spiro atoms. The molecule has 6 saturated heterocycles. The summed E-state index contributed by atoms with van der Waals surface area (Å²) in [6.07, 6.45) is -10.8. The fourth-order valence-electron chi connectivity index (χ4n) is 15.8. The molecule has 35 heteroatoms. The van der Waals surface area contributed by atoms with Crippen LogP contribution in [0.15, 0.2) is 24.3 Å². The van der Waals surface area contributed by atoms with Crippen molar-refractivity contribution in [2.45, 2.75) is 435 Å². The summed E-state index contributed by atoms with van der Waals surface area (Å²) < 4.78 is 70.2. The van der Waals surface area contributed by atoms with Gasteiger partial charge in [0.05, 0.1) is 58.4 Å². The quantitative estimate of drug-likeness (QED) is 0.0288. The second-order valence-corrected chi connectivity index (χ2v) is 32.4. The molecule has 12 unspecified atom stereocenters. The summed E-state index contributed by atoms with van der Waals surface area (Å²) >= 11 is 0. The monoisotopic (exact) mass is 1690 g/mol. The van der Waals surface area contributed by atoms with E-state index < -0.39 is 248 Å². The molecular weight excluding hydrogens is 1540 g/mol. The molecule has 6 aliphatic heterocycles. The van der Waals surface area contributed by atoms with Crippen molar-refractivity contribution in [1.82, 2.24) is 10.6 Å². The fourth-order valence-corrected chi connectivity index (χ4v) is 15.8. The van der Waals surface area contributed by atoms with Gasteiger partial charge in [-0.3, -0.25) is 9.59 Å². The summed E-state index contributed by atoms with van der Waals surface area (Å²) in [6.45, 7) is -0.941. The Morgan fingerprint density at radius 3 is 1.05 bits per heavy atom. The van der Waals surface area contributed by atoms with Gasteiger partial charge in [0.2, 0.25) is 11.8 Å². The number of unbranched alkanes of at least 4 members (excludes halogenated alkanes) is 30. The zero-order valence-corrected chi connectivity index (χ0v) is 69.0. The molecule has 6 fully saturated rings. The van der Waals surface area contributed by atoms with E-state index in [4.69, 9.17) is 56.8 Å². The molecule has 6 aliphatic rings. The molecule has 117 heavy (non-hydrogen) atoms. The minimum Gasteiger partial charge on any atom is -0.394 e. The van der Waals surface area contributed by atoms with Crippen molar-refractivity contribution < 1.29 is 163 Å². The van der Waals surface area contributed by atoms with Crippen molar-refractivity contribution in [1.29, 1.82) is 0 Å². The third-order valence-electron chi connectivity index (χ3n) is 23.0. The molecule has 0 bridgehead atoms. The average molecular weight is 1690 g/mol. The largest absolute Gasteiger partial charge is 0.394 e. The zero-order chi connectivity index (χ0) is 85.3. The second kappa shape index (κ2) is 56.9. The van der Waals surface area contributed by atoms with Gasteiger partial charge in [-0.25, -0.2) is 0 Å². The summed E-state index contributed by atoms with van der Waals surface area (Å²) in [5.41, 5.74) is 0. The van der Waals surface area contributed by atoms with Crippen LogP contribution in [0.3, 0.4) is 0 Å². The van der Waals surface area contributed by atoms with Gasteiger partial charge in [-0.1, -0.05) is 205 Å². The first kappa shape index (κ1) is 103. The van der Waals surface area contributed by atoms with Crippen LogP contribution in [-0.4, -0.2) is 351 Å². The lowest BCUT2D eigenvalue weighted by Gasteiger charge is -2.50. The molecular formula is C82H148N2O33. The highest BCUT2D eigenvalue weighted by Crippen LogP contribution is 2.38. The van der Waals surface area contributed by atoms with E-state index in [0.29, 0.717) is 12.8 Å². The van der Waals surface area contributed by atoms with Gasteiger partial charge >= 0.3 is 0 Å². The van der Waals surface area contributed by atoms with Crippen LogP contribution >= 0.6 is 0 Å².